The highest BCUT2D eigenvalue weighted by Crippen LogP contribution is 2.38. The highest BCUT2D eigenvalue weighted by molar-refractivity contribution is 7.16. The monoisotopic (exact) mass is 353 g/mol. The quantitative estimate of drug-likeness (QED) is 0.619. The highest BCUT2D eigenvalue weighted by Gasteiger charge is 2.23. The van der Waals surface area contributed by atoms with Crippen LogP contribution >= 0.6 is 11.3 Å². The van der Waals surface area contributed by atoms with E-state index in [1.54, 1.807) is 6.92 Å². The lowest BCUT2D eigenvalue weighted by Crippen LogP contribution is -2.13. The number of esters is 1. The van der Waals surface area contributed by atoms with Crippen LogP contribution in [-0.2, 0) is 9.53 Å². The highest BCUT2D eigenvalue weighted by atomic mass is 32.1. The molecule has 0 unspecified atom stereocenters. The molecular formula is C19H31NO3S. The van der Waals surface area contributed by atoms with E-state index >= 15 is 0 Å². The molecule has 136 valence electrons. The molecule has 1 N–H and O–H groups in total. The third-order valence-electron chi connectivity index (χ3n) is 3.66. The summed E-state index contributed by atoms with van der Waals surface area (Å²) in [6.07, 6.45) is 3.30. The van der Waals surface area contributed by atoms with E-state index in [2.05, 4.69) is 39.9 Å². The van der Waals surface area contributed by atoms with Gasteiger partial charge in [-0.05, 0) is 37.2 Å². The number of rotatable bonds is 8. The number of carbonyl (C=O) groups is 2. The summed E-state index contributed by atoms with van der Waals surface area (Å²) in [6, 6.07) is 1.88. The molecule has 0 bridgehead atoms. The standard InChI is InChI=1S/C19H31NO3S/c1-7-9-10-16(21)20-17-14(18(22)23-8-2)11-15(24-17)13(3)12-19(4,5)6/h11,13H,7-10,12H2,1-6H3,(H,20,21)/t13-/m0/s1. The van der Waals surface area contributed by atoms with Crippen molar-refractivity contribution in [3.05, 3.63) is 16.5 Å². The number of nitrogens with one attached hydrogen (secondary N) is 1. The summed E-state index contributed by atoms with van der Waals surface area (Å²) in [5.41, 5.74) is 0.681. The first-order valence-electron chi connectivity index (χ1n) is 8.78. The first-order chi connectivity index (χ1) is 11.2. The molecule has 1 aromatic heterocycles. The number of anilines is 1. The normalized spacial score (nSPS) is 12.8. The van der Waals surface area contributed by atoms with Crippen LogP contribution in [0.1, 0.15) is 88.4 Å². The van der Waals surface area contributed by atoms with Gasteiger partial charge in [-0.25, -0.2) is 4.79 Å². The van der Waals surface area contributed by atoms with Gasteiger partial charge in [0, 0.05) is 11.3 Å². The Morgan fingerprint density at radius 2 is 1.96 bits per heavy atom. The Bertz CT molecular complexity index is 557. The summed E-state index contributed by atoms with van der Waals surface area (Å²) in [7, 11) is 0. The van der Waals surface area contributed by atoms with E-state index in [0.29, 0.717) is 29.5 Å². The SMILES string of the molecule is CCCCC(=O)Nc1sc([C@@H](C)CC(C)(C)C)cc1C(=O)OCC. The maximum atomic E-state index is 12.2. The number of ether oxygens (including phenoxy) is 1. The Morgan fingerprint density at radius 1 is 1.29 bits per heavy atom. The Hall–Kier alpha value is -1.36. The number of amides is 1. The fourth-order valence-electron chi connectivity index (χ4n) is 2.65. The molecule has 1 rings (SSSR count). The zero-order valence-corrected chi connectivity index (χ0v) is 16.6. The topological polar surface area (TPSA) is 55.4 Å². The Balaban J connectivity index is 3.01. The number of hydrogen-bond acceptors (Lipinski definition) is 4. The van der Waals surface area contributed by atoms with Gasteiger partial charge in [-0.2, -0.15) is 0 Å². The maximum Gasteiger partial charge on any atom is 0.341 e. The number of unbranched alkanes of at least 4 members (excludes halogenated alkanes) is 1. The molecule has 0 radical (unpaired) electrons. The van der Waals surface area contributed by atoms with Crippen LogP contribution in [0.15, 0.2) is 6.07 Å². The number of carbonyl (C=O) groups excluding carboxylic acids is 2. The fourth-order valence-corrected chi connectivity index (χ4v) is 3.77. The molecule has 0 saturated heterocycles. The smallest absolute Gasteiger partial charge is 0.341 e. The van der Waals surface area contributed by atoms with Gasteiger partial charge in [0.05, 0.1) is 12.2 Å². The predicted octanol–water partition coefficient (Wildman–Crippen LogP) is 5.59. The molecule has 1 amide bonds. The van der Waals surface area contributed by atoms with E-state index in [9.17, 15) is 9.59 Å². The average Bonchev–Trinajstić information content (AvgIpc) is 2.87. The van der Waals surface area contributed by atoms with E-state index in [1.165, 1.54) is 11.3 Å². The van der Waals surface area contributed by atoms with Gasteiger partial charge in [-0.3, -0.25) is 4.79 Å². The molecule has 0 aliphatic rings. The lowest BCUT2D eigenvalue weighted by molar-refractivity contribution is -0.116. The summed E-state index contributed by atoms with van der Waals surface area (Å²) in [5.74, 6) is -0.0857. The van der Waals surface area contributed by atoms with Gasteiger partial charge in [-0.15, -0.1) is 11.3 Å². The lowest BCUT2D eigenvalue weighted by Gasteiger charge is -2.22. The zero-order valence-electron chi connectivity index (χ0n) is 15.8. The van der Waals surface area contributed by atoms with Crippen LogP contribution < -0.4 is 5.32 Å². The molecule has 0 saturated carbocycles. The van der Waals surface area contributed by atoms with Crippen molar-refractivity contribution in [1.29, 1.82) is 0 Å². The summed E-state index contributed by atoms with van der Waals surface area (Å²) in [6.45, 7) is 12.9. The van der Waals surface area contributed by atoms with E-state index in [1.807, 2.05) is 6.07 Å². The number of hydrogen-bond donors (Lipinski definition) is 1. The largest absolute Gasteiger partial charge is 0.462 e. The second-order valence-electron chi connectivity index (χ2n) is 7.43. The van der Waals surface area contributed by atoms with Crippen molar-refractivity contribution in [2.24, 2.45) is 5.41 Å². The number of thiophene rings is 1. The summed E-state index contributed by atoms with van der Waals surface area (Å²) in [4.78, 5) is 25.4. The van der Waals surface area contributed by atoms with Gasteiger partial charge in [0.15, 0.2) is 0 Å². The van der Waals surface area contributed by atoms with E-state index in [0.717, 1.165) is 24.1 Å². The Kier molecular flexibility index (Phi) is 7.94. The van der Waals surface area contributed by atoms with Crippen molar-refractivity contribution in [2.45, 2.75) is 73.1 Å². The second-order valence-corrected chi connectivity index (χ2v) is 8.51. The molecule has 5 heteroatoms. The summed E-state index contributed by atoms with van der Waals surface area (Å²) < 4.78 is 5.14. The minimum absolute atomic E-state index is 0.0423. The van der Waals surface area contributed by atoms with E-state index < -0.39 is 0 Å². The van der Waals surface area contributed by atoms with Gasteiger partial charge < -0.3 is 10.1 Å². The van der Waals surface area contributed by atoms with Gasteiger partial charge in [0.25, 0.3) is 0 Å². The molecule has 0 aromatic carbocycles. The van der Waals surface area contributed by atoms with Crippen LogP contribution in [0.5, 0.6) is 0 Å². The maximum absolute atomic E-state index is 12.2. The van der Waals surface area contributed by atoms with Crippen molar-refractivity contribution in [3.63, 3.8) is 0 Å². The van der Waals surface area contributed by atoms with Crippen LogP contribution in [0.3, 0.4) is 0 Å². The molecular weight excluding hydrogens is 322 g/mol. The van der Waals surface area contributed by atoms with Crippen molar-refractivity contribution in [1.82, 2.24) is 0 Å². The third-order valence-corrected chi connectivity index (χ3v) is 4.94. The summed E-state index contributed by atoms with van der Waals surface area (Å²) in [5, 5.41) is 3.52. The van der Waals surface area contributed by atoms with Gasteiger partial charge in [0.2, 0.25) is 5.91 Å². The molecule has 0 spiro atoms. The average molecular weight is 354 g/mol. The molecule has 1 heterocycles. The second kappa shape index (κ2) is 9.21. The minimum Gasteiger partial charge on any atom is -0.462 e. The molecule has 1 atom stereocenters. The first kappa shape index (κ1) is 20.7. The fraction of sp³-hybridized carbons (Fsp3) is 0.684. The van der Waals surface area contributed by atoms with Crippen molar-refractivity contribution >= 4 is 28.2 Å². The van der Waals surface area contributed by atoms with Gasteiger partial charge >= 0.3 is 5.97 Å². The van der Waals surface area contributed by atoms with Gasteiger partial charge in [0.1, 0.15) is 5.00 Å². The molecule has 0 fully saturated rings. The van der Waals surface area contributed by atoms with Gasteiger partial charge in [-0.1, -0.05) is 41.0 Å². The van der Waals surface area contributed by atoms with Crippen molar-refractivity contribution in [2.75, 3.05) is 11.9 Å². The van der Waals surface area contributed by atoms with E-state index in [-0.39, 0.29) is 17.3 Å². The Labute approximate surface area is 150 Å². The Morgan fingerprint density at radius 3 is 2.50 bits per heavy atom. The molecule has 0 aliphatic carbocycles. The van der Waals surface area contributed by atoms with E-state index in [4.69, 9.17) is 4.74 Å². The summed E-state index contributed by atoms with van der Waals surface area (Å²) >= 11 is 1.49. The molecule has 24 heavy (non-hydrogen) atoms. The minimum atomic E-state index is -0.367. The first-order valence-corrected chi connectivity index (χ1v) is 9.60. The van der Waals surface area contributed by atoms with Crippen LogP contribution in [-0.4, -0.2) is 18.5 Å². The van der Waals surface area contributed by atoms with Crippen LogP contribution in [0, 0.1) is 5.41 Å². The van der Waals surface area contributed by atoms with Crippen LogP contribution in [0.4, 0.5) is 5.00 Å². The van der Waals surface area contributed by atoms with Crippen LogP contribution in [0.25, 0.3) is 0 Å². The third kappa shape index (κ3) is 6.63. The predicted molar refractivity (Wildman–Crippen MR) is 101 cm³/mol. The molecule has 4 nitrogen and oxygen atoms in total. The zero-order chi connectivity index (χ0) is 18.3. The van der Waals surface area contributed by atoms with Crippen molar-refractivity contribution < 1.29 is 14.3 Å². The van der Waals surface area contributed by atoms with Crippen LogP contribution in [0.2, 0.25) is 0 Å². The molecule has 1 aromatic rings. The molecule has 0 aliphatic heterocycles. The lowest BCUT2D eigenvalue weighted by atomic mass is 9.85. The van der Waals surface area contributed by atoms with Crippen molar-refractivity contribution in [3.8, 4) is 0 Å².